The van der Waals surface area contributed by atoms with Crippen LogP contribution in [0.4, 0.5) is 0 Å². The molecule has 1 N–H and O–H groups in total. The molecule has 0 aliphatic heterocycles. The molecular weight excluding hydrogens is 216 g/mol. The third-order valence-electron chi connectivity index (χ3n) is 3.30. The summed E-state index contributed by atoms with van der Waals surface area (Å²) in [5.74, 6) is 0.704. The molecule has 0 radical (unpaired) electrons. The quantitative estimate of drug-likeness (QED) is 0.799. The fourth-order valence-electron chi connectivity index (χ4n) is 1.39. The number of hydrogen-bond acceptors (Lipinski definition) is 3. The second kappa shape index (κ2) is 5.78. The zero-order chi connectivity index (χ0) is 12.2. The summed E-state index contributed by atoms with van der Waals surface area (Å²) >= 11 is 1.76. The van der Waals surface area contributed by atoms with Gasteiger partial charge in [-0.1, -0.05) is 27.7 Å². The molecule has 16 heavy (non-hydrogen) atoms. The number of aryl methyl sites for hydroxylation is 1. The Morgan fingerprint density at radius 3 is 2.62 bits per heavy atom. The van der Waals surface area contributed by atoms with Crippen LogP contribution < -0.4 is 5.32 Å². The Balaban J connectivity index is 2.20. The van der Waals surface area contributed by atoms with Crippen molar-refractivity contribution in [2.45, 2.75) is 41.0 Å². The van der Waals surface area contributed by atoms with Crippen LogP contribution in [0, 0.1) is 18.3 Å². The highest BCUT2D eigenvalue weighted by Gasteiger charge is 2.18. The molecule has 0 fully saturated rings. The van der Waals surface area contributed by atoms with Crippen LogP contribution in [0.2, 0.25) is 0 Å². The first-order valence-electron chi connectivity index (χ1n) is 6.01. The second-order valence-electron chi connectivity index (χ2n) is 5.58. The highest BCUT2D eigenvalue weighted by atomic mass is 32.1. The van der Waals surface area contributed by atoms with Gasteiger partial charge in [-0.15, -0.1) is 11.3 Å². The van der Waals surface area contributed by atoms with Crippen molar-refractivity contribution in [3.8, 4) is 0 Å². The Labute approximate surface area is 103 Å². The average Bonchev–Trinajstić information content (AvgIpc) is 2.57. The molecule has 1 rings (SSSR count). The summed E-state index contributed by atoms with van der Waals surface area (Å²) in [6.07, 6.45) is 1.10. The smallest absolute Gasteiger partial charge is 0.0797 e. The van der Waals surface area contributed by atoms with E-state index in [4.69, 9.17) is 0 Å². The molecule has 3 heteroatoms. The van der Waals surface area contributed by atoms with E-state index < -0.39 is 0 Å². The van der Waals surface area contributed by atoms with E-state index in [2.05, 4.69) is 44.9 Å². The molecule has 0 bridgehead atoms. The number of aromatic nitrogens is 1. The molecule has 1 aromatic rings. The Bertz CT molecular complexity index is 312. The van der Waals surface area contributed by atoms with Crippen LogP contribution in [0.15, 0.2) is 5.51 Å². The molecule has 92 valence electrons. The number of nitrogens with one attached hydrogen (secondary N) is 1. The number of nitrogens with zero attached hydrogens (tertiary/aromatic N) is 1. The van der Waals surface area contributed by atoms with Crippen LogP contribution in [-0.2, 0) is 6.42 Å². The van der Waals surface area contributed by atoms with Crippen molar-refractivity contribution < 1.29 is 0 Å². The van der Waals surface area contributed by atoms with Gasteiger partial charge in [0.15, 0.2) is 0 Å². The molecule has 0 saturated heterocycles. The lowest BCUT2D eigenvalue weighted by Crippen LogP contribution is -2.30. The van der Waals surface area contributed by atoms with Gasteiger partial charge in [0.05, 0.1) is 11.2 Å². The zero-order valence-corrected chi connectivity index (χ0v) is 11.9. The van der Waals surface area contributed by atoms with Crippen LogP contribution >= 0.6 is 11.3 Å². The van der Waals surface area contributed by atoms with Crippen molar-refractivity contribution >= 4 is 11.3 Å². The lowest BCUT2D eigenvalue weighted by molar-refractivity contribution is 0.253. The summed E-state index contributed by atoms with van der Waals surface area (Å²) in [7, 11) is 0. The number of rotatable bonds is 5. The van der Waals surface area contributed by atoms with Crippen molar-refractivity contribution in [1.82, 2.24) is 10.3 Å². The van der Waals surface area contributed by atoms with Gasteiger partial charge in [-0.3, -0.25) is 0 Å². The van der Waals surface area contributed by atoms with E-state index in [9.17, 15) is 0 Å². The first-order valence-corrected chi connectivity index (χ1v) is 6.89. The Morgan fingerprint density at radius 1 is 1.44 bits per heavy atom. The van der Waals surface area contributed by atoms with Gasteiger partial charge in [0.1, 0.15) is 0 Å². The summed E-state index contributed by atoms with van der Waals surface area (Å²) in [4.78, 5) is 5.67. The summed E-state index contributed by atoms with van der Waals surface area (Å²) in [5.41, 5.74) is 3.52. The van der Waals surface area contributed by atoms with Crippen molar-refractivity contribution in [2.24, 2.45) is 11.3 Å². The summed E-state index contributed by atoms with van der Waals surface area (Å²) in [6, 6.07) is 0. The van der Waals surface area contributed by atoms with E-state index in [0.717, 1.165) is 19.5 Å². The predicted octanol–water partition coefficient (Wildman–Crippen LogP) is 3.27. The zero-order valence-electron chi connectivity index (χ0n) is 11.1. The minimum atomic E-state index is 0.396. The number of hydrogen-bond donors (Lipinski definition) is 1. The molecule has 1 heterocycles. The molecule has 0 aliphatic rings. The van der Waals surface area contributed by atoms with E-state index >= 15 is 0 Å². The fourth-order valence-corrected chi connectivity index (χ4v) is 2.17. The Morgan fingerprint density at radius 2 is 2.12 bits per heavy atom. The molecule has 1 atom stereocenters. The highest BCUT2D eigenvalue weighted by molar-refractivity contribution is 7.09. The largest absolute Gasteiger partial charge is 0.316 e. The minimum Gasteiger partial charge on any atom is -0.316 e. The molecule has 0 saturated carbocycles. The fraction of sp³-hybridized carbons (Fsp3) is 0.769. The highest BCUT2D eigenvalue weighted by Crippen LogP contribution is 2.24. The van der Waals surface area contributed by atoms with Crippen LogP contribution in [0.1, 0.15) is 38.3 Å². The third-order valence-corrected chi connectivity index (χ3v) is 4.30. The Hall–Kier alpha value is -0.410. The monoisotopic (exact) mass is 240 g/mol. The van der Waals surface area contributed by atoms with Gasteiger partial charge in [-0.25, -0.2) is 4.98 Å². The van der Waals surface area contributed by atoms with Crippen LogP contribution in [0.3, 0.4) is 0 Å². The maximum absolute atomic E-state index is 4.26. The third kappa shape index (κ3) is 4.22. The van der Waals surface area contributed by atoms with Crippen LogP contribution in [0.25, 0.3) is 0 Å². The standard InChI is InChI=1S/C13H24N2S/c1-10(13(3,4)5)8-14-7-6-12-11(2)15-9-16-12/h9-10,14H,6-8H2,1-5H3. The van der Waals surface area contributed by atoms with Crippen molar-refractivity contribution in [2.75, 3.05) is 13.1 Å². The molecule has 0 aromatic carbocycles. The van der Waals surface area contributed by atoms with Crippen LogP contribution in [-0.4, -0.2) is 18.1 Å². The van der Waals surface area contributed by atoms with Crippen molar-refractivity contribution in [3.63, 3.8) is 0 Å². The molecule has 0 amide bonds. The van der Waals surface area contributed by atoms with Crippen molar-refractivity contribution in [1.29, 1.82) is 0 Å². The van der Waals surface area contributed by atoms with Gasteiger partial charge in [-0.2, -0.15) is 0 Å². The van der Waals surface area contributed by atoms with E-state index in [-0.39, 0.29) is 0 Å². The van der Waals surface area contributed by atoms with Crippen molar-refractivity contribution in [3.05, 3.63) is 16.1 Å². The van der Waals surface area contributed by atoms with Crippen LogP contribution in [0.5, 0.6) is 0 Å². The van der Waals surface area contributed by atoms with Gasteiger partial charge in [0, 0.05) is 11.4 Å². The maximum atomic E-state index is 4.26. The van der Waals surface area contributed by atoms with Gasteiger partial charge in [0.2, 0.25) is 0 Å². The summed E-state index contributed by atoms with van der Waals surface area (Å²) < 4.78 is 0. The Kier molecular flexibility index (Phi) is 4.93. The summed E-state index contributed by atoms with van der Waals surface area (Å²) in [5, 5.41) is 3.54. The lowest BCUT2D eigenvalue weighted by Gasteiger charge is -2.27. The normalized spacial score (nSPS) is 14.1. The average molecular weight is 240 g/mol. The predicted molar refractivity (Wildman–Crippen MR) is 72.0 cm³/mol. The van der Waals surface area contributed by atoms with E-state index in [1.807, 2.05) is 5.51 Å². The van der Waals surface area contributed by atoms with Gasteiger partial charge in [-0.05, 0) is 31.2 Å². The lowest BCUT2D eigenvalue weighted by atomic mass is 9.82. The molecule has 2 nitrogen and oxygen atoms in total. The van der Waals surface area contributed by atoms with E-state index in [1.165, 1.54) is 10.6 Å². The molecular formula is C13H24N2S. The molecule has 1 aromatic heterocycles. The topological polar surface area (TPSA) is 24.9 Å². The molecule has 0 spiro atoms. The van der Waals surface area contributed by atoms with E-state index in [1.54, 1.807) is 11.3 Å². The summed E-state index contributed by atoms with van der Waals surface area (Å²) in [6.45, 7) is 13.4. The second-order valence-corrected chi connectivity index (χ2v) is 6.52. The van der Waals surface area contributed by atoms with Gasteiger partial charge < -0.3 is 5.32 Å². The minimum absolute atomic E-state index is 0.396. The van der Waals surface area contributed by atoms with E-state index in [0.29, 0.717) is 11.3 Å². The SMILES string of the molecule is Cc1ncsc1CCNCC(C)C(C)(C)C. The number of thiazole rings is 1. The van der Waals surface area contributed by atoms with Gasteiger partial charge in [0.25, 0.3) is 0 Å². The maximum Gasteiger partial charge on any atom is 0.0797 e. The first-order chi connectivity index (χ1) is 7.41. The first kappa shape index (κ1) is 13.7. The molecule has 0 aliphatic carbocycles. The van der Waals surface area contributed by atoms with Gasteiger partial charge >= 0.3 is 0 Å². The molecule has 1 unspecified atom stereocenters.